The lowest BCUT2D eigenvalue weighted by Crippen LogP contribution is -2.34. The van der Waals surface area contributed by atoms with Gasteiger partial charge in [0.05, 0.1) is 5.69 Å². The van der Waals surface area contributed by atoms with Gasteiger partial charge in [0.25, 0.3) is 5.56 Å². The number of hydrogen-bond donors (Lipinski definition) is 4. The van der Waals surface area contributed by atoms with Gasteiger partial charge < -0.3 is 25.1 Å². The molecule has 8 heteroatoms. The zero-order valence-electron chi connectivity index (χ0n) is 17.0. The molecule has 4 rings (SSSR count). The van der Waals surface area contributed by atoms with Crippen molar-refractivity contribution in [2.75, 3.05) is 0 Å². The maximum atomic E-state index is 12.2. The number of carboxylic acids is 1. The van der Waals surface area contributed by atoms with E-state index < -0.39 is 22.8 Å². The number of carbonyl (C=O) groups is 1. The minimum absolute atomic E-state index is 0. The number of benzene rings is 1. The van der Waals surface area contributed by atoms with Crippen molar-refractivity contribution >= 4 is 29.3 Å². The fraction of sp³-hybridized carbons (Fsp3) is 0.364. The molecule has 0 saturated heterocycles. The number of nitrogens with zero attached hydrogens (tertiary/aromatic N) is 1. The molecule has 2 aromatic heterocycles. The number of rotatable bonds is 6. The highest BCUT2D eigenvalue weighted by Gasteiger charge is 2.22. The Morgan fingerprint density at radius 2 is 2.03 bits per heavy atom. The van der Waals surface area contributed by atoms with Gasteiger partial charge in [-0.05, 0) is 43.0 Å². The van der Waals surface area contributed by atoms with E-state index >= 15 is 0 Å². The lowest BCUT2D eigenvalue weighted by molar-refractivity contribution is 0.0691. The summed E-state index contributed by atoms with van der Waals surface area (Å²) in [4.78, 5) is 26.2. The number of aromatic carboxylic acids is 1. The molecule has 0 bridgehead atoms. The number of hydrogen-bond acceptors (Lipinski definition) is 4. The van der Waals surface area contributed by atoms with Crippen LogP contribution in [-0.2, 0) is 20.0 Å². The first-order valence-corrected chi connectivity index (χ1v) is 9.94. The number of aryl methyl sites for hydroxylation is 1. The molecule has 4 N–H and O–H groups in total. The van der Waals surface area contributed by atoms with Gasteiger partial charge in [-0.25, -0.2) is 4.79 Å². The molecular formula is C22H26ClN3O4. The smallest absolute Gasteiger partial charge is 0.345 e. The van der Waals surface area contributed by atoms with Gasteiger partial charge in [0.15, 0.2) is 5.56 Å². The van der Waals surface area contributed by atoms with Crippen LogP contribution in [0.25, 0.3) is 22.2 Å². The van der Waals surface area contributed by atoms with E-state index in [2.05, 4.69) is 20.9 Å². The number of halogens is 1. The zero-order chi connectivity index (χ0) is 20.7. The third-order valence-electron chi connectivity index (χ3n) is 5.96. The summed E-state index contributed by atoms with van der Waals surface area (Å²) >= 11 is 0. The number of aromatic nitrogens is 2. The monoisotopic (exact) mass is 431 g/mol. The van der Waals surface area contributed by atoms with Crippen molar-refractivity contribution in [1.29, 1.82) is 0 Å². The van der Waals surface area contributed by atoms with Crippen LogP contribution in [0.3, 0.4) is 0 Å². The number of H-pyrrole nitrogens is 1. The van der Waals surface area contributed by atoms with E-state index in [1.165, 1.54) is 25.0 Å². The van der Waals surface area contributed by atoms with Crippen molar-refractivity contribution in [3.8, 4) is 17.0 Å². The van der Waals surface area contributed by atoms with E-state index in [9.17, 15) is 19.8 Å². The Morgan fingerprint density at radius 3 is 2.63 bits per heavy atom. The highest BCUT2D eigenvalue weighted by atomic mass is 35.5. The van der Waals surface area contributed by atoms with E-state index in [0.717, 1.165) is 23.0 Å². The Labute approximate surface area is 180 Å². The lowest BCUT2D eigenvalue weighted by Gasteiger charge is -2.26. The van der Waals surface area contributed by atoms with Crippen LogP contribution < -0.4 is 10.9 Å². The summed E-state index contributed by atoms with van der Waals surface area (Å²) < 4.78 is 2.15. The molecule has 1 saturated carbocycles. The molecule has 30 heavy (non-hydrogen) atoms. The molecule has 1 aliphatic carbocycles. The van der Waals surface area contributed by atoms with Crippen LogP contribution in [-0.4, -0.2) is 31.8 Å². The molecule has 1 fully saturated rings. The Bertz CT molecular complexity index is 1160. The Balaban J connectivity index is 0.00000256. The molecule has 1 aliphatic rings. The van der Waals surface area contributed by atoms with Crippen LogP contribution in [0, 0.1) is 0 Å². The summed E-state index contributed by atoms with van der Waals surface area (Å²) in [5.41, 5.74) is 2.45. The van der Waals surface area contributed by atoms with Crippen molar-refractivity contribution in [3.63, 3.8) is 0 Å². The summed E-state index contributed by atoms with van der Waals surface area (Å²) in [5.74, 6) is -1.90. The highest BCUT2D eigenvalue weighted by molar-refractivity contribution is 5.92. The number of aromatic hydroxyl groups is 1. The molecule has 1 aromatic carbocycles. The summed E-state index contributed by atoms with van der Waals surface area (Å²) in [6.45, 7) is 2.62. The second-order valence-corrected chi connectivity index (χ2v) is 7.67. The predicted molar refractivity (Wildman–Crippen MR) is 119 cm³/mol. The Hall–Kier alpha value is -2.77. The zero-order valence-corrected chi connectivity index (χ0v) is 17.8. The quantitative estimate of drug-likeness (QED) is 0.477. The number of aromatic amines is 1. The molecule has 3 aromatic rings. The minimum atomic E-state index is -1.44. The van der Waals surface area contributed by atoms with Gasteiger partial charge in [-0.3, -0.25) is 4.79 Å². The van der Waals surface area contributed by atoms with E-state index in [-0.39, 0.29) is 12.4 Å². The average Bonchev–Trinajstić information content (AvgIpc) is 2.95. The molecule has 0 unspecified atom stereocenters. The fourth-order valence-electron chi connectivity index (χ4n) is 4.01. The number of nitrogens with one attached hydrogen (secondary N) is 2. The van der Waals surface area contributed by atoms with Gasteiger partial charge in [0.2, 0.25) is 0 Å². The molecule has 2 heterocycles. The van der Waals surface area contributed by atoms with Crippen molar-refractivity contribution in [2.24, 2.45) is 7.05 Å². The van der Waals surface area contributed by atoms with Gasteiger partial charge in [-0.2, -0.15) is 0 Å². The normalized spacial score (nSPS) is 13.8. The minimum Gasteiger partial charge on any atom is -0.506 e. The number of carboxylic acid groups (broad SMARTS) is 1. The van der Waals surface area contributed by atoms with Crippen LogP contribution in [0.4, 0.5) is 0 Å². The van der Waals surface area contributed by atoms with E-state index in [1.54, 1.807) is 0 Å². The fourth-order valence-corrected chi connectivity index (χ4v) is 4.01. The third kappa shape index (κ3) is 3.70. The molecule has 7 nitrogen and oxygen atoms in total. The van der Waals surface area contributed by atoms with E-state index in [4.69, 9.17) is 0 Å². The summed E-state index contributed by atoms with van der Waals surface area (Å²) in [5, 5.41) is 24.2. The maximum absolute atomic E-state index is 12.2. The summed E-state index contributed by atoms with van der Waals surface area (Å²) in [6.07, 6.45) is 4.15. The largest absolute Gasteiger partial charge is 0.506 e. The topological polar surface area (TPSA) is 107 Å². The molecule has 160 valence electrons. The molecule has 0 radical (unpaired) electrons. The van der Waals surface area contributed by atoms with E-state index in [0.29, 0.717) is 23.7 Å². The van der Waals surface area contributed by atoms with E-state index in [1.807, 2.05) is 32.2 Å². The first-order valence-electron chi connectivity index (χ1n) is 9.94. The van der Waals surface area contributed by atoms with Gasteiger partial charge in [-0.15, -0.1) is 12.4 Å². The molecule has 0 aliphatic heterocycles. The average molecular weight is 432 g/mol. The first kappa shape index (κ1) is 21.9. The second kappa shape index (κ2) is 8.53. The third-order valence-corrected chi connectivity index (χ3v) is 5.96. The lowest BCUT2D eigenvalue weighted by atomic mass is 9.93. The molecule has 0 amide bonds. The van der Waals surface area contributed by atoms with Gasteiger partial charge in [0.1, 0.15) is 5.75 Å². The Morgan fingerprint density at radius 1 is 1.30 bits per heavy atom. The molecule has 0 atom stereocenters. The first-order chi connectivity index (χ1) is 13.9. The highest BCUT2D eigenvalue weighted by Crippen LogP contribution is 2.32. The number of pyridine rings is 1. The molecular weight excluding hydrogens is 406 g/mol. The Kier molecular flexibility index (Phi) is 6.24. The van der Waals surface area contributed by atoms with Crippen molar-refractivity contribution < 1.29 is 15.0 Å². The van der Waals surface area contributed by atoms with Gasteiger partial charge in [0, 0.05) is 41.8 Å². The number of fused-ring (bicyclic) bond motifs is 1. The van der Waals surface area contributed by atoms with Crippen LogP contribution in [0.15, 0.2) is 29.1 Å². The van der Waals surface area contributed by atoms with Crippen molar-refractivity contribution in [3.05, 3.63) is 51.4 Å². The summed E-state index contributed by atoms with van der Waals surface area (Å²) in [7, 11) is 2.03. The van der Waals surface area contributed by atoms with Crippen molar-refractivity contribution in [2.45, 2.75) is 45.2 Å². The van der Waals surface area contributed by atoms with Crippen LogP contribution in [0.1, 0.15) is 47.8 Å². The molecule has 0 spiro atoms. The second-order valence-electron chi connectivity index (χ2n) is 7.67. The van der Waals surface area contributed by atoms with Crippen LogP contribution in [0.5, 0.6) is 5.75 Å². The SMILES string of the molecule is CCc1c(-c2ccc3c(c2)cc(CNC2CCC2)n3C)[nH]c(=O)c(C(=O)O)c1O.Cl. The maximum Gasteiger partial charge on any atom is 0.345 e. The standard InChI is InChI=1S/C22H25N3O4.ClH/c1-3-16-19(24-21(27)18(20(16)26)22(28)29)12-7-8-17-13(9-12)10-15(25(17)2)11-23-14-5-4-6-14;/h7-10,14,23H,3-6,11H2,1-2H3,(H,28,29)(H2,24,26,27);1H. The van der Waals surface area contributed by atoms with Crippen molar-refractivity contribution in [1.82, 2.24) is 14.9 Å². The predicted octanol–water partition coefficient (Wildman–Crippen LogP) is 3.56. The van der Waals surface area contributed by atoms with Crippen LogP contribution >= 0.6 is 12.4 Å². The summed E-state index contributed by atoms with van der Waals surface area (Å²) in [6, 6.07) is 8.57. The van der Waals surface area contributed by atoms with Gasteiger partial charge in [-0.1, -0.05) is 19.4 Å². The van der Waals surface area contributed by atoms with Gasteiger partial charge >= 0.3 is 5.97 Å². The van der Waals surface area contributed by atoms with Crippen LogP contribution in [0.2, 0.25) is 0 Å².